The van der Waals surface area contributed by atoms with Crippen molar-refractivity contribution in [2.45, 2.75) is 13.3 Å². The molecule has 0 aliphatic carbocycles. The van der Waals surface area contributed by atoms with E-state index in [1.807, 2.05) is 61.5 Å². The Morgan fingerprint density at radius 2 is 1.85 bits per heavy atom. The largest absolute Gasteiger partial charge is 0.495 e. The summed E-state index contributed by atoms with van der Waals surface area (Å²) in [5.74, 6) is 0.315. The molecule has 1 N–H and O–H groups in total. The number of benzene rings is 3. The monoisotopic (exact) mass is 444 g/mol. The van der Waals surface area contributed by atoms with E-state index in [-0.39, 0.29) is 24.8 Å². The van der Waals surface area contributed by atoms with Gasteiger partial charge in [0.1, 0.15) is 22.7 Å². The third-order valence-electron chi connectivity index (χ3n) is 5.91. The van der Waals surface area contributed by atoms with Crippen molar-refractivity contribution >= 4 is 45.1 Å². The minimum absolute atomic E-state index is 0.109. The summed E-state index contributed by atoms with van der Waals surface area (Å²) in [6.07, 6.45) is 0.126. The summed E-state index contributed by atoms with van der Waals surface area (Å²) in [5.41, 5.74) is 2.61. The van der Waals surface area contributed by atoms with Crippen LogP contribution in [-0.4, -0.2) is 32.1 Å². The van der Waals surface area contributed by atoms with Crippen LogP contribution in [0.4, 0.5) is 11.4 Å². The molecule has 0 saturated carbocycles. The van der Waals surface area contributed by atoms with Crippen molar-refractivity contribution in [3.63, 3.8) is 0 Å². The van der Waals surface area contributed by atoms with Crippen LogP contribution in [0.2, 0.25) is 0 Å². The van der Waals surface area contributed by atoms with Gasteiger partial charge in [0, 0.05) is 29.8 Å². The number of fused-ring (bicyclic) bond motifs is 3. The molecule has 7 heteroatoms. The lowest BCUT2D eigenvalue weighted by atomic mass is 10.1. The number of carbonyl (C=O) groups excluding carboxylic acids is 2. The maximum atomic E-state index is 13.1. The van der Waals surface area contributed by atoms with Crippen molar-refractivity contribution in [3.05, 3.63) is 60.7 Å². The molecule has 4 aromatic rings. The average Bonchev–Trinajstić information content (AvgIpc) is 3.39. The predicted octanol–water partition coefficient (Wildman–Crippen LogP) is 4.98. The van der Waals surface area contributed by atoms with E-state index in [9.17, 15) is 9.59 Å². The van der Waals surface area contributed by atoms with E-state index in [1.54, 1.807) is 18.1 Å². The van der Waals surface area contributed by atoms with Crippen molar-refractivity contribution < 1.29 is 23.5 Å². The SMILES string of the molecule is CCOc1ccccc1N1C[C@H](C(=O)Nc2cc3oc4ccccc4c3cc2OC)CC1=O. The van der Waals surface area contributed by atoms with Gasteiger partial charge in [-0.25, -0.2) is 0 Å². The van der Waals surface area contributed by atoms with Gasteiger partial charge in [-0.3, -0.25) is 9.59 Å². The predicted molar refractivity (Wildman–Crippen MR) is 127 cm³/mol. The summed E-state index contributed by atoms with van der Waals surface area (Å²) < 4.78 is 17.1. The van der Waals surface area contributed by atoms with Gasteiger partial charge < -0.3 is 24.1 Å². The zero-order valence-electron chi connectivity index (χ0n) is 18.5. The number of carbonyl (C=O) groups is 2. The van der Waals surface area contributed by atoms with Crippen LogP contribution in [0.3, 0.4) is 0 Å². The van der Waals surface area contributed by atoms with E-state index in [0.717, 1.165) is 16.4 Å². The van der Waals surface area contributed by atoms with E-state index in [0.29, 0.717) is 35.1 Å². The molecule has 1 aromatic heterocycles. The maximum Gasteiger partial charge on any atom is 0.229 e. The number of amides is 2. The first-order valence-corrected chi connectivity index (χ1v) is 10.9. The highest BCUT2D eigenvalue weighted by Crippen LogP contribution is 2.37. The smallest absolute Gasteiger partial charge is 0.229 e. The minimum Gasteiger partial charge on any atom is -0.495 e. The Hall–Kier alpha value is -4.00. The van der Waals surface area contributed by atoms with Crippen LogP contribution in [0, 0.1) is 5.92 Å². The number of nitrogens with one attached hydrogen (secondary N) is 1. The Labute approximate surface area is 190 Å². The van der Waals surface area contributed by atoms with Crippen LogP contribution in [-0.2, 0) is 9.59 Å². The van der Waals surface area contributed by atoms with Crippen LogP contribution in [0.15, 0.2) is 65.1 Å². The second-order valence-corrected chi connectivity index (χ2v) is 7.94. The van der Waals surface area contributed by atoms with E-state index >= 15 is 0 Å². The molecule has 0 unspecified atom stereocenters. The number of anilines is 2. The molecular weight excluding hydrogens is 420 g/mol. The Morgan fingerprint density at radius 1 is 1.06 bits per heavy atom. The highest BCUT2D eigenvalue weighted by Gasteiger charge is 2.36. The molecule has 7 nitrogen and oxygen atoms in total. The fourth-order valence-corrected chi connectivity index (χ4v) is 4.33. The lowest BCUT2D eigenvalue weighted by Gasteiger charge is -2.20. The Morgan fingerprint density at radius 3 is 2.67 bits per heavy atom. The number of para-hydroxylation sites is 3. The van der Waals surface area contributed by atoms with Crippen LogP contribution in [0.25, 0.3) is 21.9 Å². The molecule has 1 aliphatic heterocycles. The first-order chi connectivity index (χ1) is 16.1. The highest BCUT2D eigenvalue weighted by atomic mass is 16.5. The molecule has 2 amide bonds. The fourth-order valence-electron chi connectivity index (χ4n) is 4.33. The molecule has 3 aromatic carbocycles. The summed E-state index contributed by atoms with van der Waals surface area (Å²) in [5, 5.41) is 4.83. The topological polar surface area (TPSA) is 81.0 Å². The van der Waals surface area contributed by atoms with Crippen molar-refractivity contribution in [1.29, 1.82) is 0 Å². The molecule has 168 valence electrons. The molecule has 1 atom stereocenters. The number of hydrogen-bond acceptors (Lipinski definition) is 5. The summed E-state index contributed by atoms with van der Waals surface area (Å²) >= 11 is 0. The van der Waals surface area contributed by atoms with Crippen LogP contribution in [0.5, 0.6) is 11.5 Å². The van der Waals surface area contributed by atoms with Gasteiger partial charge in [0.15, 0.2) is 0 Å². The standard InChI is InChI=1S/C26H24N2O5/c1-3-32-22-11-7-5-9-20(22)28-15-16(12-25(28)29)26(30)27-19-14-23-18(13-24(19)31-2)17-8-4-6-10-21(17)33-23/h4-11,13-14,16H,3,12,15H2,1-2H3,(H,27,30)/t16-/m1/s1. The van der Waals surface area contributed by atoms with Gasteiger partial charge in [0.2, 0.25) is 11.8 Å². The lowest BCUT2D eigenvalue weighted by molar-refractivity contribution is -0.122. The maximum absolute atomic E-state index is 13.1. The highest BCUT2D eigenvalue weighted by molar-refractivity contribution is 6.09. The third-order valence-corrected chi connectivity index (χ3v) is 5.91. The minimum atomic E-state index is -0.497. The van der Waals surface area contributed by atoms with E-state index in [1.165, 1.54) is 0 Å². The van der Waals surface area contributed by atoms with E-state index < -0.39 is 5.92 Å². The molecule has 1 saturated heterocycles. The quantitative estimate of drug-likeness (QED) is 0.453. The molecule has 2 heterocycles. The van der Waals surface area contributed by atoms with Gasteiger partial charge in [-0.1, -0.05) is 30.3 Å². The van der Waals surface area contributed by atoms with Gasteiger partial charge in [-0.2, -0.15) is 0 Å². The van der Waals surface area contributed by atoms with Crippen molar-refractivity contribution in [2.24, 2.45) is 5.92 Å². The zero-order valence-corrected chi connectivity index (χ0v) is 18.5. The molecule has 33 heavy (non-hydrogen) atoms. The second-order valence-electron chi connectivity index (χ2n) is 7.94. The van der Waals surface area contributed by atoms with Gasteiger partial charge in [0.25, 0.3) is 0 Å². The van der Waals surface area contributed by atoms with Crippen molar-refractivity contribution in [2.75, 3.05) is 30.5 Å². The molecule has 1 aliphatic rings. The Bertz CT molecular complexity index is 1360. The molecule has 0 bridgehead atoms. The number of ether oxygens (including phenoxy) is 2. The van der Waals surface area contributed by atoms with Crippen molar-refractivity contribution in [1.82, 2.24) is 0 Å². The van der Waals surface area contributed by atoms with Gasteiger partial charge in [-0.05, 0) is 31.2 Å². The second kappa shape index (κ2) is 8.50. The Kier molecular flexibility index (Phi) is 5.38. The molecule has 0 radical (unpaired) electrons. The number of nitrogens with zero attached hydrogens (tertiary/aromatic N) is 1. The molecule has 0 spiro atoms. The molecule has 5 rings (SSSR count). The van der Waals surface area contributed by atoms with Gasteiger partial charge >= 0.3 is 0 Å². The van der Waals surface area contributed by atoms with E-state index in [4.69, 9.17) is 13.9 Å². The first kappa shape index (κ1) is 20.9. The average molecular weight is 444 g/mol. The molecular formula is C26H24N2O5. The molecule has 1 fully saturated rings. The van der Waals surface area contributed by atoms with Gasteiger partial charge in [-0.15, -0.1) is 0 Å². The van der Waals surface area contributed by atoms with Crippen LogP contribution < -0.4 is 19.7 Å². The van der Waals surface area contributed by atoms with Gasteiger partial charge in [0.05, 0.1) is 31.0 Å². The number of methoxy groups -OCH3 is 1. The third kappa shape index (κ3) is 3.75. The van der Waals surface area contributed by atoms with Crippen LogP contribution >= 0.6 is 0 Å². The van der Waals surface area contributed by atoms with E-state index in [2.05, 4.69) is 5.32 Å². The lowest BCUT2D eigenvalue weighted by Crippen LogP contribution is -2.28. The zero-order chi connectivity index (χ0) is 22.9. The summed E-state index contributed by atoms with van der Waals surface area (Å²) in [6, 6.07) is 18.8. The normalized spacial score (nSPS) is 15.9. The fraction of sp³-hybridized carbons (Fsp3) is 0.231. The summed E-state index contributed by atoms with van der Waals surface area (Å²) in [6.45, 7) is 2.67. The number of rotatable bonds is 6. The summed E-state index contributed by atoms with van der Waals surface area (Å²) in [4.78, 5) is 27.5. The summed E-state index contributed by atoms with van der Waals surface area (Å²) in [7, 11) is 1.56. The first-order valence-electron chi connectivity index (χ1n) is 10.9. The number of hydrogen-bond donors (Lipinski definition) is 1. The van der Waals surface area contributed by atoms with Crippen LogP contribution in [0.1, 0.15) is 13.3 Å². The number of furan rings is 1. The Balaban J connectivity index is 1.40. The van der Waals surface area contributed by atoms with Crippen molar-refractivity contribution in [3.8, 4) is 11.5 Å².